The number of hydrogen-bond donors (Lipinski definition) is 0. The maximum absolute atomic E-state index is 6.50. The molecule has 0 aromatic rings. The van der Waals surface area contributed by atoms with Gasteiger partial charge in [0.05, 0.1) is 0 Å². The third kappa shape index (κ3) is 12.0. The summed E-state index contributed by atoms with van der Waals surface area (Å²) in [6.45, 7) is 11.6. The average Bonchev–Trinajstić information content (AvgIpc) is 2.42. The van der Waals surface area contributed by atoms with Gasteiger partial charge in [0.1, 0.15) is 0 Å². The third-order valence-corrected chi connectivity index (χ3v) is 7.02. The number of hydrogen-bond acceptors (Lipinski definition) is 1. The van der Waals surface area contributed by atoms with Gasteiger partial charge in [-0.15, -0.1) is 0 Å². The van der Waals surface area contributed by atoms with Gasteiger partial charge in [-0.2, -0.15) is 0 Å². The van der Waals surface area contributed by atoms with E-state index in [-0.39, 0.29) is 0 Å². The van der Waals surface area contributed by atoms with Crippen molar-refractivity contribution in [3.05, 3.63) is 0 Å². The summed E-state index contributed by atoms with van der Waals surface area (Å²) in [7, 11) is -1.38. The molecule has 0 bridgehead atoms. The summed E-state index contributed by atoms with van der Waals surface area (Å²) in [5.41, 5.74) is 0. The minimum absolute atomic E-state index is 0.550. The molecule has 0 aliphatic heterocycles. The van der Waals surface area contributed by atoms with E-state index in [0.717, 1.165) is 0 Å². The molecule has 0 N–H and O–H groups in total. The van der Waals surface area contributed by atoms with Gasteiger partial charge in [0.2, 0.25) is 0 Å². The Balaban J connectivity index is 3.92. The zero-order valence-electron chi connectivity index (χ0n) is 15.0. The molecule has 0 aromatic carbocycles. The molecule has 0 aliphatic rings. The van der Waals surface area contributed by atoms with Crippen molar-refractivity contribution >= 4 is 8.32 Å². The summed E-state index contributed by atoms with van der Waals surface area (Å²) in [6.07, 6.45) is 15.5. The van der Waals surface area contributed by atoms with Crippen molar-refractivity contribution in [2.75, 3.05) is 0 Å². The van der Waals surface area contributed by atoms with Gasteiger partial charge in [-0.25, -0.2) is 0 Å². The molecule has 1 nitrogen and oxygen atoms in total. The van der Waals surface area contributed by atoms with Crippen LogP contribution >= 0.6 is 0 Å². The highest BCUT2D eigenvalue weighted by molar-refractivity contribution is 6.71. The van der Waals surface area contributed by atoms with Crippen LogP contribution in [0.4, 0.5) is 0 Å². The van der Waals surface area contributed by atoms with Crippen LogP contribution in [0.25, 0.3) is 0 Å². The van der Waals surface area contributed by atoms with Crippen molar-refractivity contribution in [1.82, 2.24) is 0 Å². The molecule has 0 fully saturated rings. The van der Waals surface area contributed by atoms with Crippen molar-refractivity contribution in [2.45, 2.75) is 117 Å². The molecule has 1 atom stereocenters. The van der Waals surface area contributed by atoms with Crippen LogP contribution in [0, 0.1) is 0 Å². The van der Waals surface area contributed by atoms with E-state index in [1.807, 2.05) is 0 Å². The fourth-order valence-corrected chi connectivity index (χ4v) is 3.88. The van der Waals surface area contributed by atoms with Crippen LogP contribution in [0.1, 0.15) is 91.4 Å². The van der Waals surface area contributed by atoms with Gasteiger partial charge in [-0.05, 0) is 32.0 Å². The lowest BCUT2D eigenvalue weighted by Crippen LogP contribution is -2.34. The first kappa shape index (κ1) is 20.2. The molecule has 0 aromatic heterocycles. The quantitative estimate of drug-likeness (QED) is 0.250. The van der Waals surface area contributed by atoms with Gasteiger partial charge in [0, 0.05) is 6.10 Å². The Morgan fingerprint density at radius 1 is 0.700 bits per heavy atom. The Bertz CT molecular complexity index is 204. The van der Waals surface area contributed by atoms with Crippen LogP contribution in [0.5, 0.6) is 0 Å². The minimum atomic E-state index is -1.38. The van der Waals surface area contributed by atoms with E-state index in [1.165, 1.54) is 76.7 Å². The normalized spacial score (nSPS) is 13.7. The largest absolute Gasteiger partial charge is 0.414 e. The van der Waals surface area contributed by atoms with Crippen molar-refractivity contribution in [2.24, 2.45) is 0 Å². The summed E-state index contributed by atoms with van der Waals surface area (Å²) in [5.74, 6) is 0. The van der Waals surface area contributed by atoms with Crippen molar-refractivity contribution in [3.63, 3.8) is 0 Å². The molecule has 2 heteroatoms. The summed E-state index contributed by atoms with van der Waals surface area (Å²) in [4.78, 5) is 0. The second-order valence-corrected chi connectivity index (χ2v) is 11.4. The maximum atomic E-state index is 6.50. The molecule has 20 heavy (non-hydrogen) atoms. The van der Waals surface area contributed by atoms with Crippen molar-refractivity contribution < 1.29 is 4.43 Å². The van der Waals surface area contributed by atoms with Crippen LogP contribution in [-0.4, -0.2) is 14.4 Å². The van der Waals surface area contributed by atoms with Crippen LogP contribution in [0.15, 0.2) is 0 Å². The first-order chi connectivity index (χ1) is 9.55. The van der Waals surface area contributed by atoms with Gasteiger partial charge in [-0.1, -0.05) is 78.6 Å². The number of rotatable bonds is 14. The zero-order valence-corrected chi connectivity index (χ0v) is 16.0. The topological polar surface area (TPSA) is 9.23 Å². The minimum Gasteiger partial charge on any atom is -0.414 e. The fourth-order valence-electron chi connectivity index (χ4n) is 2.57. The Morgan fingerprint density at radius 3 is 1.70 bits per heavy atom. The SMILES string of the molecule is CCCCCCCCC(CCCCC)O[Si](C)(C)CC. The molecule has 0 aliphatic carbocycles. The van der Waals surface area contributed by atoms with E-state index in [4.69, 9.17) is 4.43 Å². The summed E-state index contributed by atoms with van der Waals surface area (Å²) < 4.78 is 6.50. The standard InChI is InChI=1S/C18H40OSi/c1-6-9-11-12-13-15-17-18(16-14-10-7-2)19-20(4,5)8-3/h18H,6-17H2,1-5H3. The fraction of sp³-hybridized carbons (Fsp3) is 1.00. The first-order valence-electron chi connectivity index (χ1n) is 9.23. The van der Waals surface area contributed by atoms with Gasteiger partial charge < -0.3 is 4.43 Å². The predicted octanol–water partition coefficient (Wildman–Crippen LogP) is 6.93. The van der Waals surface area contributed by atoms with E-state index >= 15 is 0 Å². The van der Waals surface area contributed by atoms with Crippen LogP contribution < -0.4 is 0 Å². The van der Waals surface area contributed by atoms with E-state index in [1.54, 1.807) is 0 Å². The highest BCUT2D eigenvalue weighted by Gasteiger charge is 2.24. The zero-order chi connectivity index (χ0) is 15.3. The monoisotopic (exact) mass is 300 g/mol. The lowest BCUT2D eigenvalue weighted by atomic mass is 10.0. The smallest absolute Gasteiger partial charge is 0.186 e. The molecule has 1 unspecified atom stereocenters. The van der Waals surface area contributed by atoms with E-state index < -0.39 is 8.32 Å². The van der Waals surface area contributed by atoms with E-state index in [2.05, 4.69) is 33.9 Å². The molecular formula is C18H40OSi. The van der Waals surface area contributed by atoms with Crippen LogP contribution in [0.3, 0.4) is 0 Å². The average molecular weight is 301 g/mol. The van der Waals surface area contributed by atoms with Crippen molar-refractivity contribution in [1.29, 1.82) is 0 Å². The van der Waals surface area contributed by atoms with E-state index in [0.29, 0.717) is 6.10 Å². The van der Waals surface area contributed by atoms with Gasteiger partial charge in [-0.3, -0.25) is 0 Å². The van der Waals surface area contributed by atoms with Crippen molar-refractivity contribution in [3.8, 4) is 0 Å². The first-order valence-corrected chi connectivity index (χ1v) is 12.3. The molecule has 0 radical (unpaired) electrons. The molecule has 0 spiro atoms. The van der Waals surface area contributed by atoms with Crippen LogP contribution in [-0.2, 0) is 4.43 Å². The lowest BCUT2D eigenvalue weighted by Gasteiger charge is -2.29. The predicted molar refractivity (Wildman–Crippen MR) is 95.0 cm³/mol. The lowest BCUT2D eigenvalue weighted by molar-refractivity contribution is 0.163. The van der Waals surface area contributed by atoms with Gasteiger partial charge >= 0.3 is 0 Å². The van der Waals surface area contributed by atoms with E-state index in [9.17, 15) is 0 Å². The molecule has 0 saturated carbocycles. The number of unbranched alkanes of at least 4 members (excludes halogenated alkanes) is 7. The highest BCUT2D eigenvalue weighted by Crippen LogP contribution is 2.21. The highest BCUT2D eigenvalue weighted by atomic mass is 28.4. The summed E-state index contributed by atoms with van der Waals surface area (Å²) in [5, 5.41) is 0. The summed E-state index contributed by atoms with van der Waals surface area (Å²) >= 11 is 0. The molecule has 0 saturated heterocycles. The van der Waals surface area contributed by atoms with Crippen LogP contribution in [0.2, 0.25) is 19.1 Å². The Labute approximate surface area is 130 Å². The summed E-state index contributed by atoms with van der Waals surface area (Å²) in [6, 6.07) is 1.24. The Morgan fingerprint density at radius 2 is 1.15 bits per heavy atom. The third-order valence-electron chi connectivity index (χ3n) is 4.35. The van der Waals surface area contributed by atoms with Gasteiger partial charge in [0.15, 0.2) is 8.32 Å². The Kier molecular flexibility index (Phi) is 13.0. The second-order valence-electron chi connectivity index (χ2n) is 6.91. The maximum Gasteiger partial charge on any atom is 0.186 e. The molecule has 0 heterocycles. The molecule has 122 valence electrons. The molecular weight excluding hydrogens is 260 g/mol. The second kappa shape index (κ2) is 12.9. The molecule has 0 rings (SSSR count). The Hall–Kier alpha value is 0.177. The molecule has 0 amide bonds. The van der Waals surface area contributed by atoms with Gasteiger partial charge in [0.25, 0.3) is 0 Å².